The Morgan fingerprint density at radius 3 is 2.15 bits per heavy atom. The molecule has 1 rings (SSSR count). The molecule has 26 heavy (non-hydrogen) atoms. The van der Waals surface area contributed by atoms with Gasteiger partial charge in [-0.25, -0.2) is 4.79 Å². The third kappa shape index (κ3) is 7.92. The smallest absolute Gasteiger partial charge is 0.326 e. The molecule has 0 saturated carbocycles. The molecule has 3 N–H and O–H groups in total. The molecule has 0 aliphatic rings. The number of hydrogen-bond donors (Lipinski definition) is 3. The number of carboxylic acids is 1. The second-order valence-electron chi connectivity index (χ2n) is 6.65. The Kier molecular flexibility index (Phi) is 8.48. The number of Topliss-reactive ketones (excluding diaryl/α,β-unsaturated/α-hetero) is 1. The zero-order valence-corrected chi connectivity index (χ0v) is 15.4. The standard InChI is InChI=1S/C19H26N2O5/c1-12(2)10-15(19(25)26)21-18(24)11-20-17(23)9-8-16(22)14-6-4-13(3)5-7-14/h4-7,12,15H,8-11H2,1-3H3,(H,20,23)(H,21,24)(H,25,26)/t15-/m0/s1. The predicted octanol–water partition coefficient (Wildman–Crippen LogP) is 1.69. The first-order chi connectivity index (χ1) is 12.2. The third-order valence-electron chi connectivity index (χ3n) is 3.74. The summed E-state index contributed by atoms with van der Waals surface area (Å²) in [6, 6.07) is 6.09. The molecule has 0 aliphatic carbocycles. The van der Waals surface area contributed by atoms with E-state index in [0.717, 1.165) is 5.56 Å². The van der Waals surface area contributed by atoms with Crippen LogP contribution in [0.5, 0.6) is 0 Å². The van der Waals surface area contributed by atoms with E-state index in [-0.39, 0.29) is 31.1 Å². The number of amides is 2. The fourth-order valence-electron chi connectivity index (χ4n) is 2.32. The van der Waals surface area contributed by atoms with Gasteiger partial charge in [-0.3, -0.25) is 14.4 Å². The van der Waals surface area contributed by atoms with E-state index >= 15 is 0 Å². The number of benzene rings is 1. The van der Waals surface area contributed by atoms with Crippen LogP contribution in [-0.4, -0.2) is 41.3 Å². The monoisotopic (exact) mass is 362 g/mol. The molecule has 7 heteroatoms. The summed E-state index contributed by atoms with van der Waals surface area (Å²) < 4.78 is 0. The van der Waals surface area contributed by atoms with Gasteiger partial charge in [-0.15, -0.1) is 0 Å². The van der Waals surface area contributed by atoms with Gasteiger partial charge in [-0.2, -0.15) is 0 Å². The molecule has 1 aromatic carbocycles. The van der Waals surface area contributed by atoms with E-state index < -0.39 is 23.8 Å². The van der Waals surface area contributed by atoms with Gasteiger partial charge < -0.3 is 15.7 Å². The molecule has 1 atom stereocenters. The topological polar surface area (TPSA) is 113 Å². The van der Waals surface area contributed by atoms with E-state index in [9.17, 15) is 19.2 Å². The van der Waals surface area contributed by atoms with Gasteiger partial charge in [-0.1, -0.05) is 43.7 Å². The average molecular weight is 362 g/mol. The Hall–Kier alpha value is -2.70. The lowest BCUT2D eigenvalue weighted by molar-refractivity contribution is -0.142. The lowest BCUT2D eigenvalue weighted by Crippen LogP contribution is -2.46. The van der Waals surface area contributed by atoms with Crippen molar-refractivity contribution < 1.29 is 24.3 Å². The summed E-state index contributed by atoms with van der Waals surface area (Å²) in [5.41, 5.74) is 1.58. The number of rotatable bonds is 10. The van der Waals surface area contributed by atoms with Crippen molar-refractivity contribution in [2.45, 2.75) is 46.1 Å². The number of carbonyl (C=O) groups excluding carboxylic acids is 3. The molecule has 0 aromatic heterocycles. The minimum absolute atomic E-state index is 0.0334. The highest BCUT2D eigenvalue weighted by Crippen LogP contribution is 2.07. The van der Waals surface area contributed by atoms with Crippen LogP contribution in [0.25, 0.3) is 0 Å². The van der Waals surface area contributed by atoms with Crippen molar-refractivity contribution in [1.29, 1.82) is 0 Å². The van der Waals surface area contributed by atoms with Crippen molar-refractivity contribution >= 4 is 23.6 Å². The zero-order valence-electron chi connectivity index (χ0n) is 15.4. The van der Waals surface area contributed by atoms with Crippen molar-refractivity contribution in [3.63, 3.8) is 0 Å². The van der Waals surface area contributed by atoms with Gasteiger partial charge in [0.2, 0.25) is 11.8 Å². The molecular weight excluding hydrogens is 336 g/mol. The number of ketones is 1. The molecule has 0 heterocycles. The van der Waals surface area contributed by atoms with Crippen LogP contribution in [0.15, 0.2) is 24.3 Å². The number of carboxylic acid groups (broad SMARTS) is 1. The molecule has 7 nitrogen and oxygen atoms in total. The average Bonchev–Trinajstić information content (AvgIpc) is 2.57. The van der Waals surface area contributed by atoms with E-state index in [1.165, 1.54) is 0 Å². The number of aliphatic carboxylic acids is 1. The van der Waals surface area contributed by atoms with E-state index in [4.69, 9.17) is 5.11 Å². The normalized spacial score (nSPS) is 11.7. The lowest BCUT2D eigenvalue weighted by atomic mass is 10.0. The Morgan fingerprint density at radius 1 is 1.00 bits per heavy atom. The molecule has 2 amide bonds. The minimum Gasteiger partial charge on any atom is -0.480 e. The molecule has 0 aliphatic heterocycles. The van der Waals surface area contributed by atoms with Crippen molar-refractivity contribution in [1.82, 2.24) is 10.6 Å². The van der Waals surface area contributed by atoms with Gasteiger partial charge in [-0.05, 0) is 19.3 Å². The molecule has 0 unspecified atom stereocenters. The molecule has 0 bridgehead atoms. The van der Waals surface area contributed by atoms with Crippen LogP contribution in [0.4, 0.5) is 0 Å². The van der Waals surface area contributed by atoms with Crippen molar-refractivity contribution in [3.05, 3.63) is 35.4 Å². The highest BCUT2D eigenvalue weighted by Gasteiger charge is 2.21. The minimum atomic E-state index is -1.11. The molecular formula is C19H26N2O5. The molecule has 0 saturated heterocycles. The molecule has 142 valence electrons. The van der Waals surface area contributed by atoms with Crippen LogP contribution in [0.2, 0.25) is 0 Å². The van der Waals surface area contributed by atoms with E-state index in [1.54, 1.807) is 12.1 Å². The van der Waals surface area contributed by atoms with Crippen LogP contribution in [0.3, 0.4) is 0 Å². The maximum absolute atomic E-state index is 12.0. The van der Waals surface area contributed by atoms with Crippen molar-refractivity contribution in [2.75, 3.05) is 6.54 Å². The van der Waals surface area contributed by atoms with Gasteiger partial charge in [0.25, 0.3) is 0 Å². The SMILES string of the molecule is Cc1ccc(C(=O)CCC(=O)NCC(=O)N[C@@H](CC(C)C)C(=O)O)cc1. The summed E-state index contributed by atoms with van der Waals surface area (Å²) >= 11 is 0. The fraction of sp³-hybridized carbons (Fsp3) is 0.474. The zero-order chi connectivity index (χ0) is 19.7. The highest BCUT2D eigenvalue weighted by molar-refractivity contribution is 5.98. The van der Waals surface area contributed by atoms with Crippen LogP contribution >= 0.6 is 0 Å². The first-order valence-electron chi connectivity index (χ1n) is 8.57. The Labute approximate surface area is 153 Å². The van der Waals surface area contributed by atoms with E-state index in [0.29, 0.717) is 12.0 Å². The van der Waals surface area contributed by atoms with Crippen molar-refractivity contribution in [3.8, 4) is 0 Å². The van der Waals surface area contributed by atoms with Crippen molar-refractivity contribution in [2.24, 2.45) is 5.92 Å². The van der Waals surface area contributed by atoms with Gasteiger partial charge in [0, 0.05) is 18.4 Å². The number of carbonyl (C=O) groups is 4. The van der Waals surface area contributed by atoms with Crippen LogP contribution < -0.4 is 10.6 Å². The Morgan fingerprint density at radius 2 is 1.62 bits per heavy atom. The lowest BCUT2D eigenvalue weighted by Gasteiger charge is -2.16. The first-order valence-corrected chi connectivity index (χ1v) is 8.57. The van der Waals surface area contributed by atoms with E-state index in [1.807, 2.05) is 32.9 Å². The Balaban J connectivity index is 2.36. The van der Waals surface area contributed by atoms with Gasteiger partial charge in [0.1, 0.15) is 6.04 Å². The van der Waals surface area contributed by atoms with Crippen LogP contribution in [0.1, 0.15) is 49.0 Å². The second kappa shape index (κ2) is 10.3. The molecule has 0 radical (unpaired) electrons. The largest absolute Gasteiger partial charge is 0.480 e. The maximum atomic E-state index is 12.0. The molecule has 0 spiro atoms. The van der Waals surface area contributed by atoms with Crippen LogP contribution in [0, 0.1) is 12.8 Å². The predicted molar refractivity (Wildman–Crippen MR) is 96.8 cm³/mol. The number of nitrogens with one attached hydrogen (secondary N) is 2. The van der Waals surface area contributed by atoms with Gasteiger partial charge in [0.05, 0.1) is 6.54 Å². The quantitative estimate of drug-likeness (QED) is 0.548. The number of aryl methyl sites for hydroxylation is 1. The van der Waals surface area contributed by atoms with Crippen LogP contribution in [-0.2, 0) is 14.4 Å². The summed E-state index contributed by atoms with van der Waals surface area (Å²) in [5.74, 6) is -2.15. The van der Waals surface area contributed by atoms with Gasteiger partial charge in [0.15, 0.2) is 5.78 Å². The summed E-state index contributed by atoms with van der Waals surface area (Å²) in [6.07, 6.45) is 0.316. The molecule has 0 fully saturated rings. The summed E-state index contributed by atoms with van der Waals surface area (Å²) in [4.78, 5) is 46.7. The summed E-state index contributed by atoms with van der Waals surface area (Å²) in [5, 5.41) is 13.9. The fourth-order valence-corrected chi connectivity index (χ4v) is 2.32. The number of hydrogen-bond acceptors (Lipinski definition) is 4. The second-order valence-corrected chi connectivity index (χ2v) is 6.65. The maximum Gasteiger partial charge on any atom is 0.326 e. The van der Waals surface area contributed by atoms with E-state index in [2.05, 4.69) is 10.6 Å². The molecule has 1 aromatic rings. The summed E-state index contributed by atoms with van der Waals surface area (Å²) in [7, 11) is 0. The Bertz CT molecular complexity index is 652. The first kappa shape index (κ1) is 21.3. The summed E-state index contributed by atoms with van der Waals surface area (Å²) in [6.45, 7) is 5.31. The third-order valence-corrected chi connectivity index (χ3v) is 3.74. The van der Waals surface area contributed by atoms with Gasteiger partial charge >= 0.3 is 5.97 Å². The highest BCUT2D eigenvalue weighted by atomic mass is 16.4.